The lowest BCUT2D eigenvalue weighted by atomic mass is 9.83. The molecule has 2 aromatic rings. The van der Waals surface area contributed by atoms with E-state index in [2.05, 4.69) is 23.3 Å². The Kier molecular flexibility index (Phi) is 3.79. The lowest BCUT2D eigenvalue weighted by Gasteiger charge is -2.28. The van der Waals surface area contributed by atoms with E-state index >= 15 is 0 Å². The van der Waals surface area contributed by atoms with E-state index in [-0.39, 0.29) is 0 Å². The van der Waals surface area contributed by atoms with Crippen molar-refractivity contribution in [2.75, 3.05) is 11.9 Å². The number of anilines is 1. The SMILES string of the molecule is CCC1(CNc2c(C#N)cnc3ccccc23)CCCC1. The number of fused-ring (bicyclic) bond motifs is 1. The number of benzene rings is 1. The van der Waals surface area contributed by atoms with Gasteiger partial charge in [-0.2, -0.15) is 5.26 Å². The molecule has 0 unspecified atom stereocenters. The van der Waals surface area contributed by atoms with Crippen molar-refractivity contribution in [1.29, 1.82) is 5.26 Å². The zero-order chi connectivity index (χ0) is 14.7. The highest BCUT2D eigenvalue weighted by atomic mass is 14.9. The van der Waals surface area contributed by atoms with Crippen LogP contribution in [-0.2, 0) is 0 Å². The van der Waals surface area contributed by atoms with E-state index in [1.807, 2.05) is 24.3 Å². The molecule has 0 bridgehead atoms. The Morgan fingerprint density at radius 3 is 2.76 bits per heavy atom. The Bertz CT molecular complexity index is 678. The smallest absolute Gasteiger partial charge is 0.103 e. The monoisotopic (exact) mass is 279 g/mol. The molecular weight excluding hydrogens is 258 g/mol. The molecule has 108 valence electrons. The van der Waals surface area contributed by atoms with E-state index in [1.54, 1.807) is 6.20 Å². The molecule has 1 aromatic heterocycles. The van der Waals surface area contributed by atoms with Gasteiger partial charge < -0.3 is 5.32 Å². The molecule has 1 heterocycles. The summed E-state index contributed by atoms with van der Waals surface area (Å²) in [6.45, 7) is 3.23. The minimum Gasteiger partial charge on any atom is -0.383 e. The predicted octanol–water partition coefficient (Wildman–Crippen LogP) is 4.49. The molecule has 1 fully saturated rings. The zero-order valence-corrected chi connectivity index (χ0v) is 12.5. The molecule has 1 aliphatic carbocycles. The van der Waals surface area contributed by atoms with Gasteiger partial charge in [0.15, 0.2) is 0 Å². The first-order valence-corrected chi connectivity index (χ1v) is 7.80. The zero-order valence-electron chi connectivity index (χ0n) is 12.5. The van der Waals surface area contributed by atoms with Gasteiger partial charge in [0.2, 0.25) is 0 Å². The summed E-state index contributed by atoms with van der Waals surface area (Å²) < 4.78 is 0. The van der Waals surface area contributed by atoms with E-state index in [0.717, 1.165) is 23.1 Å². The van der Waals surface area contributed by atoms with Crippen LogP contribution in [-0.4, -0.2) is 11.5 Å². The average Bonchev–Trinajstić information content (AvgIpc) is 3.02. The second kappa shape index (κ2) is 5.73. The largest absolute Gasteiger partial charge is 0.383 e. The van der Waals surface area contributed by atoms with E-state index in [0.29, 0.717) is 11.0 Å². The fourth-order valence-corrected chi connectivity index (χ4v) is 3.47. The number of nitriles is 1. The number of rotatable bonds is 4. The Morgan fingerprint density at radius 1 is 1.29 bits per heavy atom. The maximum Gasteiger partial charge on any atom is 0.103 e. The molecule has 0 atom stereocenters. The summed E-state index contributed by atoms with van der Waals surface area (Å²) in [7, 11) is 0. The normalized spacial score (nSPS) is 16.8. The van der Waals surface area contributed by atoms with Gasteiger partial charge in [-0.15, -0.1) is 0 Å². The van der Waals surface area contributed by atoms with Gasteiger partial charge in [-0.3, -0.25) is 4.98 Å². The summed E-state index contributed by atoms with van der Waals surface area (Å²) in [6, 6.07) is 10.3. The van der Waals surface area contributed by atoms with Crippen molar-refractivity contribution in [2.24, 2.45) is 5.41 Å². The predicted molar refractivity (Wildman–Crippen MR) is 86.1 cm³/mol. The summed E-state index contributed by atoms with van der Waals surface area (Å²) in [5, 5.41) is 14.0. The van der Waals surface area contributed by atoms with Gasteiger partial charge in [0.1, 0.15) is 6.07 Å². The van der Waals surface area contributed by atoms with Crippen LogP contribution in [0.15, 0.2) is 30.5 Å². The molecule has 1 saturated carbocycles. The van der Waals surface area contributed by atoms with Gasteiger partial charge in [-0.05, 0) is 30.7 Å². The minimum atomic E-state index is 0.400. The number of nitrogens with one attached hydrogen (secondary N) is 1. The average molecular weight is 279 g/mol. The standard InChI is InChI=1S/C18H21N3/c1-2-18(9-5-6-10-18)13-21-17-14(11-19)12-20-16-8-4-3-7-15(16)17/h3-4,7-8,12H,2,5-6,9-10,13H2,1H3,(H,20,21). The van der Waals surface area contributed by atoms with Crippen LogP contribution in [0.25, 0.3) is 10.9 Å². The molecule has 0 saturated heterocycles. The van der Waals surface area contributed by atoms with E-state index < -0.39 is 0 Å². The number of hydrogen-bond donors (Lipinski definition) is 1. The van der Waals surface area contributed by atoms with Crippen molar-refractivity contribution >= 4 is 16.6 Å². The molecule has 0 spiro atoms. The Balaban J connectivity index is 1.94. The number of pyridine rings is 1. The molecule has 1 aliphatic rings. The summed E-state index contributed by atoms with van der Waals surface area (Å²) in [5.41, 5.74) is 2.92. The number of hydrogen-bond acceptors (Lipinski definition) is 3. The van der Waals surface area contributed by atoms with Gasteiger partial charge in [-0.25, -0.2) is 0 Å². The van der Waals surface area contributed by atoms with Crippen LogP contribution in [0.5, 0.6) is 0 Å². The molecule has 3 nitrogen and oxygen atoms in total. The van der Waals surface area contributed by atoms with Crippen LogP contribution in [0, 0.1) is 16.7 Å². The van der Waals surface area contributed by atoms with Crippen molar-refractivity contribution < 1.29 is 0 Å². The third-order valence-corrected chi connectivity index (χ3v) is 4.95. The molecule has 3 heteroatoms. The van der Waals surface area contributed by atoms with Crippen LogP contribution >= 0.6 is 0 Å². The first kappa shape index (κ1) is 13.9. The lowest BCUT2D eigenvalue weighted by molar-refractivity contribution is 0.307. The number of nitrogens with zero attached hydrogens (tertiary/aromatic N) is 2. The molecule has 0 amide bonds. The van der Waals surface area contributed by atoms with Crippen LogP contribution in [0.2, 0.25) is 0 Å². The summed E-state index contributed by atoms with van der Waals surface area (Å²) in [5.74, 6) is 0. The van der Waals surface area contributed by atoms with Crippen LogP contribution in [0.3, 0.4) is 0 Å². The van der Waals surface area contributed by atoms with Crippen molar-refractivity contribution in [2.45, 2.75) is 39.0 Å². The van der Waals surface area contributed by atoms with E-state index in [1.165, 1.54) is 32.1 Å². The topological polar surface area (TPSA) is 48.7 Å². The highest BCUT2D eigenvalue weighted by molar-refractivity contribution is 5.93. The second-order valence-corrected chi connectivity index (χ2v) is 6.09. The maximum absolute atomic E-state index is 9.36. The first-order chi connectivity index (χ1) is 10.3. The lowest BCUT2D eigenvalue weighted by Crippen LogP contribution is -2.26. The fraction of sp³-hybridized carbons (Fsp3) is 0.444. The summed E-state index contributed by atoms with van der Waals surface area (Å²) in [4.78, 5) is 4.37. The van der Waals surface area contributed by atoms with Crippen molar-refractivity contribution in [3.63, 3.8) is 0 Å². The molecule has 1 N–H and O–H groups in total. The minimum absolute atomic E-state index is 0.400. The van der Waals surface area contributed by atoms with Gasteiger partial charge in [0.25, 0.3) is 0 Å². The number of aromatic nitrogens is 1. The van der Waals surface area contributed by atoms with Crippen LogP contribution < -0.4 is 5.32 Å². The maximum atomic E-state index is 9.36. The summed E-state index contributed by atoms with van der Waals surface area (Å²) in [6.07, 6.45) is 8.13. The third kappa shape index (κ3) is 2.58. The van der Waals surface area contributed by atoms with Gasteiger partial charge in [0.05, 0.1) is 16.8 Å². The third-order valence-electron chi connectivity index (χ3n) is 4.95. The van der Waals surface area contributed by atoms with Crippen LogP contribution in [0.4, 0.5) is 5.69 Å². The summed E-state index contributed by atoms with van der Waals surface area (Å²) >= 11 is 0. The number of para-hydroxylation sites is 1. The molecular formula is C18H21N3. The highest BCUT2D eigenvalue weighted by Crippen LogP contribution is 2.41. The highest BCUT2D eigenvalue weighted by Gasteiger charge is 2.31. The fourth-order valence-electron chi connectivity index (χ4n) is 3.47. The quantitative estimate of drug-likeness (QED) is 0.897. The molecule has 3 rings (SSSR count). The molecule has 0 radical (unpaired) electrons. The van der Waals surface area contributed by atoms with Crippen molar-refractivity contribution in [3.05, 3.63) is 36.0 Å². The Hall–Kier alpha value is -2.08. The van der Waals surface area contributed by atoms with Gasteiger partial charge in [0, 0.05) is 18.1 Å². The first-order valence-electron chi connectivity index (χ1n) is 7.80. The Labute approximate surface area is 126 Å². The molecule has 21 heavy (non-hydrogen) atoms. The van der Waals surface area contributed by atoms with Crippen molar-refractivity contribution in [3.8, 4) is 6.07 Å². The molecule has 1 aromatic carbocycles. The molecule has 0 aliphatic heterocycles. The van der Waals surface area contributed by atoms with E-state index in [9.17, 15) is 5.26 Å². The van der Waals surface area contributed by atoms with Gasteiger partial charge >= 0.3 is 0 Å². The van der Waals surface area contributed by atoms with Gasteiger partial charge in [-0.1, -0.05) is 38.0 Å². The van der Waals surface area contributed by atoms with Crippen LogP contribution in [0.1, 0.15) is 44.6 Å². The van der Waals surface area contributed by atoms with Crippen molar-refractivity contribution in [1.82, 2.24) is 4.98 Å². The second-order valence-electron chi connectivity index (χ2n) is 6.09. The Morgan fingerprint density at radius 2 is 2.05 bits per heavy atom. The van der Waals surface area contributed by atoms with E-state index in [4.69, 9.17) is 0 Å².